The Hall–Kier alpha value is -3.16. The molecule has 2 N–H and O–H groups in total. The number of pyridine rings is 1. The molecule has 3 rings (SSSR count). The van der Waals surface area contributed by atoms with Crippen LogP contribution in [0.2, 0.25) is 0 Å². The topological polar surface area (TPSA) is 54.0 Å². The first kappa shape index (κ1) is 18.6. The standard InChI is InChI=1S/C19H15F4N3O/c1-11-8-14-15(10-24-11)16(20)6-7-17(14)26-18(27)25-9-12-2-4-13(5-3-12)19(21,22)23/h2-8,10H,9H2,1H3,(H2,25,26,27). The molecule has 0 atom stereocenters. The molecule has 8 heteroatoms. The van der Waals surface area contributed by atoms with Crippen LogP contribution >= 0.6 is 0 Å². The quantitative estimate of drug-likeness (QED) is 0.630. The van der Waals surface area contributed by atoms with E-state index < -0.39 is 23.6 Å². The van der Waals surface area contributed by atoms with Gasteiger partial charge in [-0.05, 0) is 42.8 Å². The van der Waals surface area contributed by atoms with Crippen LogP contribution in [0.1, 0.15) is 16.8 Å². The Kier molecular flexibility index (Phi) is 4.98. The van der Waals surface area contributed by atoms with Crippen molar-refractivity contribution in [2.24, 2.45) is 0 Å². The van der Waals surface area contributed by atoms with Gasteiger partial charge in [0, 0.05) is 29.2 Å². The van der Waals surface area contributed by atoms with E-state index in [1.807, 2.05) is 0 Å². The second kappa shape index (κ2) is 7.22. The van der Waals surface area contributed by atoms with Gasteiger partial charge >= 0.3 is 12.2 Å². The van der Waals surface area contributed by atoms with Crippen LogP contribution < -0.4 is 10.6 Å². The van der Waals surface area contributed by atoms with E-state index in [0.29, 0.717) is 22.3 Å². The van der Waals surface area contributed by atoms with Crippen molar-refractivity contribution in [1.29, 1.82) is 0 Å². The van der Waals surface area contributed by atoms with Gasteiger partial charge in [0.1, 0.15) is 5.82 Å². The van der Waals surface area contributed by atoms with Crippen molar-refractivity contribution in [2.45, 2.75) is 19.6 Å². The highest BCUT2D eigenvalue weighted by molar-refractivity contribution is 6.01. The van der Waals surface area contributed by atoms with Gasteiger partial charge in [0.25, 0.3) is 0 Å². The van der Waals surface area contributed by atoms with E-state index in [1.54, 1.807) is 13.0 Å². The fraction of sp³-hybridized carbons (Fsp3) is 0.158. The number of amides is 2. The molecule has 4 nitrogen and oxygen atoms in total. The minimum atomic E-state index is -4.40. The Morgan fingerprint density at radius 3 is 2.44 bits per heavy atom. The zero-order valence-corrected chi connectivity index (χ0v) is 14.2. The molecule has 0 aliphatic heterocycles. The van der Waals surface area contributed by atoms with Gasteiger partial charge in [0.15, 0.2) is 0 Å². The predicted molar refractivity (Wildman–Crippen MR) is 93.7 cm³/mol. The van der Waals surface area contributed by atoms with E-state index in [1.165, 1.54) is 30.5 Å². The molecule has 140 valence electrons. The largest absolute Gasteiger partial charge is 0.416 e. The molecule has 0 aliphatic carbocycles. The number of hydrogen-bond donors (Lipinski definition) is 2. The van der Waals surface area contributed by atoms with Crippen LogP contribution in [0.5, 0.6) is 0 Å². The molecule has 2 amide bonds. The highest BCUT2D eigenvalue weighted by Crippen LogP contribution is 2.29. The first-order chi connectivity index (χ1) is 12.7. The normalized spacial score (nSPS) is 11.4. The lowest BCUT2D eigenvalue weighted by Gasteiger charge is -2.12. The Morgan fingerprint density at radius 1 is 1.07 bits per heavy atom. The lowest BCUT2D eigenvalue weighted by Crippen LogP contribution is -2.28. The number of aryl methyl sites for hydroxylation is 1. The zero-order valence-electron chi connectivity index (χ0n) is 14.2. The van der Waals surface area contributed by atoms with Crippen LogP contribution in [-0.2, 0) is 12.7 Å². The number of alkyl halides is 3. The molecule has 1 aromatic heterocycles. The highest BCUT2D eigenvalue weighted by atomic mass is 19.4. The van der Waals surface area contributed by atoms with Gasteiger partial charge in [0.2, 0.25) is 0 Å². The summed E-state index contributed by atoms with van der Waals surface area (Å²) in [6.07, 6.45) is -3.01. The van der Waals surface area contributed by atoms with Gasteiger partial charge < -0.3 is 10.6 Å². The smallest absolute Gasteiger partial charge is 0.334 e. The van der Waals surface area contributed by atoms with Crippen molar-refractivity contribution in [3.05, 3.63) is 71.3 Å². The number of halogens is 4. The summed E-state index contributed by atoms with van der Waals surface area (Å²) in [5.74, 6) is -0.451. The second-order valence-electron chi connectivity index (χ2n) is 5.97. The van der Waals surface area contributed by atoms with Gasteiger partial charge in [-0.1, -0.05) is 12.1 Å². The second-order valence-corrected chi connectivity index (χ2v) is 5.97. The number of rotatable bonds is 3. The molecule has 27 heavy (non-hydrogen) atoms. The summed E-state index contributed by atoms with van der Waals surface area (Å²) in [5.41, 5.74) is 0.836. The van der Waals surface area contributed by atoms with E-state index in [-0.39, 0.29) is 11.9 Å². The summed E-state index contributed by atoms with van der Waals surface area (Å²) in [6.45, 7) is 1.79. The number of hydrogen-bond acceptors (Lipinski definition) is 2. The van der Waals surface area contributed by atoms with Crippen molar-refractivity contribution >= 4 is 22.5 Å². The molecule has 2 aromatic carbocycles. The van der Waals surface area contributed by atoms with E-state index in [2.05, 4.69) is 15.6 Å². The number of anilines is 1. The van der Waals surface area contributed by atoms with Crippen molar-refractivity contribution in [3.63, 3.8) is 0 Å². The van der Waals surface area contributed by atoms with Crippen LogP contribution in [0.25, 0.3) is 10.8 Å². The average molecular weight is 377 g/mol. The fourth-order valence-electron chi connectivity index (χ4n) is 2.58. The van der Waals surface area contributed by atoms with Gasteiger partial charge in [0.05, 0.1) is 11.3 Å². The maximum Gasteiger partial charge on any atom is 0.416 e. The Balaban J connectivity index is 1.69. The third-order valence-electron chi connectivity index (χ3n) is 3.97. The van der Waals surface area contributed by atoms with Crippen molar-refractivity contribution in [2.75, 3.05) is 5.32 Å². The molecule has 1 heterocycles. The SMILES string of the molecule is Cc1cc2c(NC(=O)NCc3ccc(C(F)(F)F)cc3)ccc(F)c2cn1. The molecule has 0 aliphatic rings. The van der Waals surface area contributed by atoms with Crippen molar-refractivity contribution < 1.29 is 22.4 Å². The van der Waals surface area contributed by atoms with Crippen molar-refractivity contribution in [1.82, 2.24) is 10.3 Å². The van der Waals surface area contributed by atoms with Crippen LogP contribution in [0.3, 0.4) is 0 Å². The highest BCUT2D eigenvalue weighted by Gasteiger charge is 2.29. The molecule has 0 radical (unpaired) electrons. The van der Waals surface area contributed by atoms with E-state index in [0.717, 1.165) is 12.1 Å². The van der Waals surface area contributed by atoms with Gasteiger partial charge in [-0.25, -0.2) is 9.18 Å². The maximum absolute atomic E-state index is 13.9. The number of carbonyl (C=O) groups excluding carboxylic acids is 1. The average Bonchev–Trinajstić information content (AvgIpc) is 2.62. The predicted octanol–water partition coefficient (Wildman–Crippen LogP) is 5.02. The Bertz CT molecular complexity index is 985. The van der Waals surface area contributed by atoms with Crippen molar-refractivity contribution in [3.8, 4) is 0 Å². The van der Waals surface area contributed by atoms with E-state index in [4.69, 9.17) is 0 Å². The Morgan fingerprint density at radius 2 is 1.78 bits per heavy atom. The van der Waals surface area contributed by atoms with Crippen LogP contribution in [0.4, 0.5) is 28.0 Å². The lowest BCUT2D eigenvalue weighted by atomic mass is 10.1. The molecule has 3 aromatic rings. The third kappa shape index (κ3) is 4.33. The molecule has 0 bridgehead atoms. The summed E-state index contributed by atoms with van der Waals surface area (Å²) < 4.78 is 51.5. The third-order valence-corrected chi connectivity index (χ3v) is 3.97. The van der Waals surface area contributed by atoms with Gasteiger partial charge in [-0.15, -0.1) is 0 Å². The van der Waals surface area contributed by atoms with Crippen LogP contribution in [0, 0.1) is 12.7 Å². The number of nitrogens with one attached hydrogen (secondary N) is 2. The van der Waals surface area contributed by atoms with Crippen LogP contribution in [0.15, 0.2) is 48.7 Å². The number of carbonyl (C=O) groups is 1. The van der Waals surface area contributed by atoms with E-state index in [9.17, 15) is 22.4 Å². The molecular weight excluding hydrogens is 362 g/mol. The minimum absolute atomic E-state index is 0.0453. The lowest BCUT2D eigenvalue weighted by molar-refractivity contribution is -0.137. The summed E-state index contributed by atoms with van der Waals surface area (Å²) >= 11 is 0. The maximum atomic E-state index is 13.9. The number of aromatic nitrogens is 1. The Labute approximate surface area is 152 Å². The molecular formula is C19H15F4N3O. The fourth-order valence-corrected chi connectivity index (χ4v) is 2.58. The summed E-state index contributed by atoms with van der Waals surface area (Å²) in [4.78, 5) is 16.2. The summed E-state index contributed by atoms with van der Waals surface area (Å²) in [5, 5.41) is 5.97. The number of benzene rings is 2. The molecule has 0 fully saturated rings. The molecule has 0 spiro atoms. The zero-order chi connectivity index (χ0) is 19.6. The van der Waals surface area contributed by atoms with Gasteiger partial charge in [-0.2, -0.15) is 13.2 Å². The summed E-state index contributed by atoms with van der Waals surface area (Å²) in [6, 6.07) is 8.27. The number of urea groups is 1. The summed E-state index contributed by atoms with van der Waals surface area (Å²) in [7, 11) is 0. The molecule has 0 unspecified atom stereocenters. The number of nitrogens with zero attached hydrogens (tertiary/aromatic N) is 1. The van der Waals surface area contributed by atoms with E-state index >= 15 is 0 Å². The monoisotopic (exact) mass is 377 g/mol. The minimum Gasteiger partial charge on any atom is -0.334 e. The number of fused-ring (bicyclic) bond motifs is 1. The first-order valence-electron chi connectivity index (χ1n) is 8.00. The van der Waals surface area contributed by atoms with Gasteiger partial charge in [-0.3, -0.25) is 4.98 Å². The molecule has 0 saturated carbocycles. The molecule has 0 saturated heterocycles. The first-order valence-corrected chi connectivity index (χ1v) is 8.00. The van der Waals surface area contributed by atoms with Crippen LogP contribution in [-0.4, -0.2) is 11.0 Å².